The number of amides is 2. The Morgan fingerprint density at radius 1 is 1.03 bits per heavy atom. The highest BCUT2D eigenvalue weighted by molar-refractivity contribution is 6.30. The van der Waals surface area contributed by atoms with E-state index in [4.69, 9.17) is 21.6 Å². The van der Waals surface area contributed by atoms with Gasteiger partial charge in [0.25, 0.3) is 0 Å². The van der Waals surface area contributed by atoms with E-state index in [1.807, 2.05) is 30.3 Å². The first-order chi connectivity index (χ1) is 14.0. The number of benzene rings is 2. The maximum atomic E-state index is 12.6. The summed E-state index contributed by atoms with van der Waals surface area (Å²) in [5.74, 6) is 0.328. The Kier molecular flexibility index (Phi) is 9.00. The van der Waals surface area contributed by atoms with Gasteiger partial charge in [0.15, 0.2) is 0 Å². The number of hydrogen-bond donors (Lipinski definition) is 0. The highest BCUT2D eigenvalue weighted by Gasteiger charge is 2.18. The third kappa shape index (κ3) is 7.47. The van der Waals surface area contributed by atoms with Crippen LogP contribution in [0.3, 0.4) is 0 Å². The molecule has 0 aliphatic heterocycles. The molecule has 29 heavy (non-hydrogen) atoms. The molecule has 0 spiro atoms. The number of ether oxygens (including phenoxy) is 1. The molecule has 0 fully saturated rings. The van der Waals surface area contributed by atoms with Crippen molar-refractivity contribution in [3.63, 3.8) is 0 Å². The minimum absolute atomic E-state index is 0.0820. The van der Waals surface area contributed by atoms with Crippen LogP contribution < -0.4 is 9.64 Å². The van der Waals surface area contributed by atoms with Crippen LogP contribution in [-0.2, 0) is 9.59 Å². The standard InChI is InChI=1S/C22H24ClN3O3/c1-25(15-16-29-20-10-5-7-18(23)17-20)21(27)11-12-22(28)26(14-6-13-24)19-8-3-2-4-9-19/h2-5,7-10,17H,6,11-12,14-16H2,1H3. The van der Waals surface area contributed by atoms with Crippen LogP contribution in [0, 0.1) is 11.3 Å². The first-order valence-corrected chi connectivity index (χ1v) is 9.73. The molecule has 0 aromatic heterocycles. The number of likely N-dealkylation sites (N-methyl/N-ethyl adjacent to an activating group) is 1. The molecule has 0 saturated heterocycles. The van der Waals surface area contributed by atoms with Crippen molar-refractivity contribution in [1.29, 1.82) is 5.26 Å². The minimum atomic E-state index is -0.177. The van der Waals surface area contributed by atoms with E-state index in [0.29, 0.717) is 30.5 Å². The van der Waals surface area contributed by atoms with Crippen LogP contribution in [-0.4, -0.2) is 43.5 Å². The number of anilines is 1. The topological polar surface area (TPSA) is 73.6 Å². The molecule has 0 unspecified atom stereocenters. The normalized spacial score (nSPS) is 10.1. The van der Waals surface area contributed by atoms with E-state index >= 15 is 0 Å². The van der Waals surface area contributed by atoms with Crippen LogP contribution >= 0.6 is 11.6 Å². The summed E-state index contributed by atoms with van der Waals surface area (Å²) in [6.07, 6.45) is 0.413. The molecule has 152 valence electrons. The summed E-state index contributed by atoms with van der Waals surface area (Å²) in [5, 5.41) is 9.43. The molecule has 6 nitrogen and oxygen atoms in total. The van der Waals surface area contributed by atoms with E-state index in [9.17, 15) is 9.59 Å². The number of nitrogens with zero attached hydrogens (tertiary/aromatic N) is 3. The molecule has 2 rings (SSSR count). The molecule has 0 bridgehead atoms. The van der Waals surface area contributed by atoms with Crippen LogP contribution in [0.15, 0.2) is 54.6 Å². The molecule has 0 N–H and O–H groups in total. The number of carbonyl (C=O) groups is 2. The van der Waals surface area contributed by atoms with Crippen molar-refractivity contribution in [3.05, 3.63) is 59.6 Å². The van der Waals surface area contributed by atoms with Crippen LogP contribution in [0.2, 0.25) is 5.02 Å². The summed E-state index contributed by atoms with van der Waals surface area (Å²) in [7, 11) is 1.68. The Hall–Kier alpha value is -3.04. The molecule has 2 amide bonds. The molecule has 7 heteroatoms. The van der Waals surface area contributed by atoms with Crippen molar-refractivity contribution in [2.24, 2.45) is 0 Å². The lowest BCUT2D eigenvalue weighted by atomic mass is 10.2. The number of carbonyl (C=O) groups excluding carboxylic acids is 2. The van der Waals surface area contributed by atoms with Crippen LogP contribution in [0.4, 0.5) is 5.69 Å². The second-order valence-corrected chi connectivity index (χ2v) is 6.85. The van der Waals surface area contributed by atoms with E-state index in [-0.39, 0.29) is 31.1 Å². The van der Waals surface area contributed by atoms with Crippen molar-refractivity contribution in [2.45, 2.75) is 19.3 Å². The minimum Gasteiger partial charge on any atom is -0.492 e. The molecule has 0 aliphatic rings. The fourth-order valence-electron chi connectivity index (χ4n) is 2.69. The van der Waals surface area contributed by atoms with Gasteiger partial charge in [-0.1, -0.05) is 35.9 Å². The zero-order chi connectivity index (χ0) is 21.1. The zero-order valence-electron chi connectivity index (χ0n) is 16.4. The summed E-state index contributed by atoms with van der Waals surface area (Å²) in [6.45, 7) is 1.03. The predicted molar refractivity (Wildman–Crippen MR) is 113 cm³/mol. The molecule has 2 aromatic carbocycles. The van der Waals surface area contributed by atoms with E-state index in [2.05, 4.69) is 6.07 Å². The van der Waals surface area contributed by atoms with Crippen molar-refractivity contribution in [1.82, 2.24) is 4.90 Å². The number of hydrogen-bond acceptors (Lipinski definition) is 4. The van der Waals surface area contributed by atoms with Crippen LogP contribution in [0.1, 0.15) is 19.3 Å². The summed E-state index contributed by atoms with van der Waals surface area (Å²) in [4.78, 5) is 28.1. The van der Waals surface area contributed by atoms with E-state index in [1.54, 1.807) is 41.1 Å². The summed E-state index contributed by atoms with van der Waals surface area (Å²) in [5.41, 5.74) is 0.725. The average molecular weight is 414 g/mol. The van der Waals surface area contributed by atoms with Gasteiger partial charge in [-0.2, -0.15) is 5.26 Å². The summed E-state index contributed by atoms with van der Waals surface area (Å²) in [6, 6.07) is 18.3. The molecule has 0 atom stereocenters. The molecule has 0 saturated carbocycles. The maximum absolute atomic E-state index is 12.6. The fraction of sp³-hybridized carbons (Fsp3) is 0.318. The van der Waals surface area contributed by atoms with Gasteiger partial charge in [0.05, 0.1) is 19.0 Å². The van der Waals surface area contributed by atoms with Gasteiger partial charge in [0, 0.05) is 37.1 Å². The summed E-state index contributed by atoms with van der Waals surface area (Å²) >= 11 is 5.91. The van der Waals surface area contributed by atoms with Gasteiger partial charge in [-0.3, -0.25) is 9.59 Å². The summed E-state index contributed by atoms with van der Waals surface area (Å²) < 4.78 is 5.59. The lowest BCUT2D eigenvalue weighted by Gasteiger charge is -2.22. The van der Waals surface area contributed by atoms with Gasteiger partial charge in [-0.25, -0.2) is 0 Å². The Bertz CT molecular complexity index is 852. The maximum Gasteiger partial charge on any atom is 0.227 e. The lowest BCUT2D eigenvalue weighted by Crippen LogP contribution is -2.34. The van der Waals surface area contributed by atoms with E-state index in [0.717, 1.165) is 5.69 Å². The van der Waals surface area contributed by atoms with E-state index in [1.165, 1.54) is 0 Å². The van der Waals surface area contributed by atoms with Crippen molar-refractivity contribution >= 4 is 29.1 Å². The second kappa shape index (κ2) is 11.7. The molecular weight excluding hydrogens is 390 g/mol. The smallest absolute Gasteiger partial charge is 0.227 e. The number of para-hydroxylation sites is 1. The van der Waals surface area contributed by atoms with Crippen LogP contribution in [0.5, 0.6) is 5.75 Å². The van der Waals surface area contributed by atoms with Crippen molar-refractivity contribution in [2.75, 3.05) is 31.6 Å². The number of nitriles is 1. The van der Waals surface area contributed by atoms with Crippen molar-refractivity contribution < 1.29 is 14.3 Å². The predicted octanol–water partition coefficient (Wildman–Crippen LogP) is 3.90. The zero-order valence-corrected chi connectivity index (χ0v) is 17.1. The Morgan fingerprint density at radius 3 is 2.45 bits per heavy atom. The monoisotopic (exact) mass is 413 g/mol. The third-order valence-electron chi connectivity index (χ3n) is 4.29. The lowest BCUT2D eigenvalue weighted by molar-refractivity contribution is -0.132. The number of halogens is 1. The highest BCUT2D eigenvalue weighted by atomic mass is 35.5. The molecular formula is C22H24ClN3O3. The molecule has 0 radical (unpaired) electrons. The SMILES string of the molecule is CN(CCOc1cccc(Cl)c1)C(=O)CCC(=O)N(CCC#N)c1ccccc1. The van der Waals surface area contributed by atoms with Gasteiger partial charge in [0.2, 0.25) is 11.8 Å². The Morgan fingerprint density at radius 2 is 1.76 bits per heavy atom. The van der Waals surface area contributed by atoms with Gasteiger partial charge >= 0.3 is 0 Å². The quantitative estimate of drug-likeness (QED) is 0.592. The average Bonchev–Trinajstić information content (AvgIpc) is 2.73. The first kappa shape index (κ1) is 22.3. The Balaban J connectivity index is 1.81. The van der Waals surface area contributed by atoms with Gasteiger partial charge in [-0.05, 0) is 30.3 Å². The molecule has 0 aliphatic carbocycles. The van der Waals surface area contributed by atoms with E-state index < -0.39 is 0 Å². The third-order valence-corrected chi connectivity index (χ3v) is 4.52. The molecule has 0 heterocycles. The highest BCUT2D eigenvalue weighted by Crippen LogP contribution is 2.17. The number of rotatable bonds is 10. The van der Waals surface area contributed by atoms with Gasteiger partial charge < -0.3 is 14.5 Å². The Labute approximate surface area is 176 Å². The largest absolute Gasteiger partial charge is 0.492 e. The van der Waals surface area contributed by atoms with Gasteiger partial charge in [0.1, 0.15) is 12.4 Å². The van der Waals surface area contributed by atoms with Crippen molar-refractivity contribution in [3.8, 4) is 11.8 Å². The van der Waals surface area contributed by atoms with Crippen LogP contribution in [0.25, 0.3) is 0 Å². The first-order valence-electron chi connectivity index (χ1n) is 9.36. The fourth-order valence-corrected chi connectivity index (χ4v) is 2.87. The molecule has 2 aromatic rings. The van der Waals surface area contributed by atoms with Gasteiger partial charge in [-0.15, -0.1) is 0 Å². The second-order valence-electron chi connectivity index (χ2n) is 6.41.